The van der Waals surface area contributed by atoms with Gasteiger partial charge in [0.2, 0.25) is 0 Å². The molecular formula is C22H17F3N2O3S2. The van der Waals surface area contributed by atoms with Crippen molar-refractivity contribution in [1.82, 2.24) is 9.97 Å². The van der Waals surface area contributed by atoms with E-state index >= 15 is 0 Å². The summed E-state index contributed by atoms with van der Waals surface area (Å²) >= 11 is 3.04. The number of halogens is 3. The van der Waals surface area contributed by atoms with Crippen LogP contribution in [0.4, 0.5) is 13.2 Å². The van der Waals surface area contributed by atoms with E-state index in [1.54, 1.807) is 11.8 Å². The highest BCUT2D eigenvalue weighted by atomic mass is 32.2. The van der Waals surface area contributed by atoms with Crippen LogP contribution in [0.25, 0.3) is 21.7 Å². The third-order valence-corrected chi connectivity index (χ3v) is 7.09. The zero-order valence-corrected chi connectivity index (χ0v) is 18.4. The predicted octanol–water partition coefficient (Wildman–Crippen LogP) is 6.59. The van der Waals surface area contributed by atoms with Crippen molar-refractivity contribution < 1.29 is 27.5 Å². The average Bonchev–Trinajstić information content (AvgIpc) is 3.32. The zero-order chi connectivity index (χ0) is 22.9. The summed E-state index contributed by atoms with van der Waals surface area (Å²) in [5, 5.41) is 9.47. The number of hydrogen-bond donors (Lipinski definition) is 1. The van der Waals surface area contributed by atoms with Crippen LogP contribution in [0.3, 0.4) is 0 Å². The van der Waals surface area contributed by atoms with E-state index in [0.717, 1.165) is 27.6 Å². The minimum Gasteiger partial charge on any atom is -0.481 e. The molecule has 0 saturated carbocycles. The van der Waals surface area contributed by atoms with Gasteiger partial charge in [-0.1, -0.05) is 12.1 Å². The minimum absolute atomic E-state index is 0.0413. The van der Waals surface area contributed by atoms with Crippen molar-refractivity contribution >= 4 is 40.2 Å². The van der Waals surface area contributed by atoms with Crippen LogP contribution in [0, 0.1) is 6.92 Å². The molecule has 0 saturated heterocycles. The van der Waals surface area contributed by atoms with Crippen LogP contribution in [-0.2, 0) is 23.1 Å². The number of thioether (sulfide) groups is 1. The number of alkyl halides is 3. The summed E-state index contributed by atoms with van der Waals surface area (Å²) < 4.78 is 44.0. The molecule has 2 heterocycles. The number of fused-ring (bicyclic) bond motifs is 1. The van der Waals surface area contributed by atoms with Gasteiger partial charge in [0.15, 0.2) is 11.5 Å². The molecule has 4 rings (SSSR count). The van der Waals surface area contributed by atoms with Crippen molar-refractivity contribution in [2.45, 2.75) is 36.6 Å². The van der Waals surface area contributed by atoms with Crippen LogP contribution in [-0.4, -0.2) is 21.0 Å². The summed E-state index contributed by atoms with van der Waals surface area (Å²) in [7, 11) is 0. The molecule has 0 aliphatic carbocycles. The van der Waals surface area contributed by atoms with Gasteiger partial charge in [0.1, 0.15) is 10.5 Å². The Morgan fingerprint density at radius 2 is 1.91 bits per heavy atom. The van der Waals surface area contributed by atoms with E-state index in [2.05, 4.69) is 9.97 Å². The Morgan fingerprint density at radius 1 is 1.16 bits per heavy atom. The summed E-state index contributed by atoms with van der Waals surface area (Å²) in [6.07, 6.45) is -4.17. The van der Waals surface area contributed by atoms with Gasteiger partial charge in [-0.25, -0.2) is 9.97 Å². The highest BCUT2D eigenvalue weighted by Crippen LogP contribution is 2.35. The minimum atomic E-state index is -4.36. The average molecular weight is 479 g/mol. The highest BCUT2D eigenvalue weighted by molar-refractivity contribution is 7.98. The van der Waals surface area contributed by atoms with Gasteiger partial charge in [-0.2, -0.15) is 13.2 Å². The van der Waals surface area contributed by atoms with Gasteiger partial charge in [-0.05, 0) is 37.3 Å². The number of nitrogens with zero attached hydrogens (tertiary/aromatic N) is 2. The number of benzene rings is 2. The van der Waals surface area contributed by atoms with Crippen LogP contribution >= 0.6 is 23.1 Å². The van der Waals surface area contributed by atoms with Crippen LogP contribution < -0.4 is 0 Å². The normalized spacial score (nSPS) is 11.9. The van der Waals surface area contributed by atoms with Gasteiger partial charge in [-0.3, -0.25) is 4.79 Å². The molecule has 4 aromatic rings. The molecule has 0 spiro atoms. The fourth-order valence-electron chi connectivity index (χ4n) is 3.00. The Labute approximate surface area is 189 Å². The molecule has 0 aliphatic rings. The van der Waals surface area contributed by atoms with Gasteiger partial charge in [-0.15, -0.1) is 23.1 Å². The summed E-state index contributed by atoms with van der Waals surface area (Å²) in [5.74, 6) is 0.137. The van der Waals surface area contributed by atoms with Gasteiger partial charge in [0.05, 0.1) is 17.7 Å². The topological polar surface area (TPSA) is 76.2 Å². The van der Waals surface area contributed by atoms with E-state index in [-0.39, 0.29) is 12.8 Å². The molecule has 0 bridgehead atoms. The standard InChI is InChI=1S/C22H17F3N2O3S2/c1-12-18(32-21(26-12)13-2-4-14(5-3-13)22(23,24)25)11-31-15-6-7-16-17(10-15)30-19(27-16)8-9-20(28)29/h2-7,10H,8-9,11H2,1H3,(H,28,29). The molecular weight excluding hydrogens is 461 g/mol. The number of aromatic nitrogens is 2. The van der Waals surface area contributed by atoms with E-state index in [9.17, 15) is 18.0 Å². The molecule has 0 unspecified atom stereocenters. The molecule has 166 valence electrons. The summed E-state index contributed by atoms with van der Waals surface area (Å²) in [5.41, 5.74) is 2.09. The van der Waals surface area contributed by atoms with E-state index in [4.69, 9.17) is 9.52 Å². The number of aryl methyl sites for hydroxylation is 2. The van der Waals surface area contributed by atoms with Crippen molar-refractivity contribution in [2.75, 3.05) is 0 Å². The van der Waals surface area contributed by atoms with Crippen LogP contribution in [0.1, 0.15) is 28.4 Å². The second-order valence-electron chi connectivity index (χ2n) is 7.02. The molecule has 0 amide bonds. The van der Waals surface area contributed by atoms with E-state index in [1.807, 2.05) is 25.1 Å². The van der Waals surface area contributed by atoms with Crippen molar-refractivity contribution in [3.63, 3.8) is 0 Å². The lowest BCUT2D eigenvalue weighted by Gasteiger charge is -2.06. The van der Waals surface area contributed by atoms with Gasteiger partial charge >= 0.3 is 12.1 Å². The van der Waals surface area contributed by atoms with Crippen molar-refractivity contribution in [3.8, 4) is 10.6 Å². The number of hydrogen-bond acceptors (Lipinski definition) is 6. The first-order valence-corrected chi connectivity index (χ1v) is 11.4. The lowest BCUT2D eigenvalue weighted by Crippen LogP contribution is -2.03. The SMILES string of the molecule is Cc1nc(-c2ccc(C(F)(F)F)cc2)sc1CSc1ccc2nc(CCC(=O)O)oc2c1. The summed E-state index contributed by atoms with van der Waals surface area (Å²) in [4.78, 5) is 21.5. The van der Waals surface area contributed by atoms with Crippen LogP contribution in [0.2, 0.25) is 0 Å². The van der Waals surface area contributed by atoms with Gasteiger partial charge < -0.3 is 9.52 Å². The molecule has 0 fully saturated rings. The van der Waals surface area contributed by atoms with Crippen molar-refractivity contribution in [1.29, 1.82) is 0 Å². The van der Waals surface area contributed by atoms with Gasteiger partial charge in [0, 0.05) is 27.5 Å². The monoisotopic (exact) mass is 478 g/mol. The first-order valence-electron chi connectivity index (χ1n) is 9.57. The Bertz CT molecular complexity index is 1260. The lowest BCUT2D eigenvalue weighted by molar-refractivity contribution is -0.138. The smallest absolute Gasteiger partial charge is 0.416 e. The second kappa shape index (κ2) is 8.95. The van der Waals surface area contributed by atoms with Crippen molar-refractivity contribution in [2.24, 2.45) is 0 Å². The zero-order valence-electron chi connectivity index (χ0n) is 16.8. The molecule has 32 heavy (non-hydrogen) atoms. The number of rotatable bonds is 7. The predicted molar refractivity (Wildman–Crippen MR) is 117 cm³/mol. The fraction of sp³-hybridized carbons (Fsp3) is 0.227. The third-order valence-electron chi connectivity index (χ3n) is 4.68. The van der Waals surface area contributed by atoms with E-state index < -0.39 is 17.7 Å². The molecule has 0 radical (unpaired) electrons. The maximum atomic E-state index is 12.8. The van der Waals surface area contributed by atoms with Crippen LogP contribution in [0.5, 0.6) is 0 Å². The molecule has 1 N–H and O–H groups in total. The second-order valence-corrected chi connectivity index (χ2v) is 9.15. The number of oxazole rings is 1. The Balaban J connectivity index is 1.45. The number of thiazole rings is 1. The fourth-order valence-corrected chi connectivity index (χ4v) is 5.14. The van der Waals surface area contributed by atoms with E-state index in [0.29, 0.717) is 33.3 Å². The van der Waals surface area contributed by atoms with Crippen LogP contribution in [0.15, 0.2) is 51.8 Å². The first kappa shape index (κ1) is 22.3. The molecule has 0 atom stereocenters. The molecule has 2 aromatic heterocycles. The summed E-state index contributed by atoms with van der Waals surface area (Å²) in [6, 6.07) is 10.6. The highest BCUT2D eigenvalue weighted by Gasteiger charge is 2.30. The molecule has 5 nitrogen and oxygen atoms in total. The maximum absolute atomic E-state index is 12.8. The van der Waals surface area contributed by atoms with E-state index in [1.165, 1.54) is 23.5 Å². The van der Waals surface area contributed by atoms with Crippen molar-refractivity contribution in [3.05, 3.63) is 64.5 Å². The van der Waals surface area contributed by atoms with Gasteiger partial charge in [0.25, 0.3) is 0 Å². The lowest BCUT2D eigenvalue weighted by atomic mass is 10.1. The Morgan fingerprint density at radius 3 is 2.59 bits per heavy atom. The number of carboxylic acids is 1. The number of carboxylic acid groups (broad SMARTS) is 1. The Hall–Kier alpha value is -2.85. The number of aliphatic carboxylic acids is 1. The largest absolute Gasteiger partial charge is 0.481 e. The Kier molecular flexibility index (Phi) is 6.25. The third kappa shape index (κ3) is 5.13. The number of carbonyl (C=O) groups is 1. The quantitative estimate of drug-likeness (QED) is 0.302. The maximum Gasteiger partial charge on any atom is 0.416 e. The summed E-state index contributed by atoms with van der Waals surface area (Å²) in [6.45, 7) is 1.88. The first-order chi connectivity index (χ1) is 15.2. The molecule has 2 aromatic carbocycles. The molecule has 10 heteroatoms. The molecule has 0 aliphatic heterocycles.